The lowest BCUT2D eigenvalue weighted by molar-refractivity contribution is -0.139. The van der Waals surface area contributed by atoms with Crippen molar-refractivity contribution in [3.05, 3.63) is 29.3 Å². The first-order valence-corrected chi connectivity index (χ1v) is 6.97. The summed E-state index contributed by atoms with van der Waals surface area (Å²) >= 11 is 0. The van der Waals surface area contributed by atoms with Crippen molar-refractivity contribution in [2.24, 2.45) is 11.3 Å². The first-order valence-electron chi connectivity index (χ1n) is 6.97. The van der Waals surface area contributed by atoms with Crippen LogP contribution in [-0.4, -0.2) is 11.6 Å². The fourth-order valence-corrected chi connectivity index (χ4v) is 2.79. The summed E-state index contributed by atoms with van der Waals surface area (Å²) in [6, 6.07) is 5.35. The number of rotatable bonds is 3. The molecule has 108 valence electrons. The van der Waals surface area contributed by atoms with Crippen molar-refractivity contribution in [2.45, 2.75) is 46.0 Å². The van der Waals surface area contributed by atoms with Gasteiger partial charge in [-0.1, -0.05) is 26.8 Å². The van der Waals surface area contributed by atoms with Crippen LogP contribution in [0.25, 0.3) is 0 Å². The minimum absolute atomic E-state index is 0.00167. The highest BCUT2D eigenvalue weighted by Gasteiger charge is 2.43. The van der Waals surface area contributed by atoms with Crippen molar-refractivity contribution in [3.8, 4) is 5.75 Å². The predicted octanol–water partition coefficient (Wildman–Crippen LogP) is 2.54. The zero-order chi connectivity index (χ0) is 14.9. The molecule has 1 unspecified atom stereocenters. The fourth-order valence-electron chi connectivity index (χ4n) is 2.79. The van der Waals surface area contributed by atoms with Gasteiger partial charge in [-0.05, 0) is 36.1 Å². The third-order valence-corrected chi connectivity index (χ3v) is 4.19. The standard InChI is InChI=1S/C16H21NO3/c1-4-10-5-6-11(20-17)9-12(10)14-13(18)7-8-16(2,3)15(14)19/h5-6,9,14H,4,7-8,17H2,1-3H3. The molecule has 0 aromatic heterocycles. The molecule has 2 rings (SSSR count). The van der Waals surface area contributed by atoms with E-state index in [0.29, 0.717) is 18.6 Å². The second kappa shape index (κ2) is 5.37. The van der Waals surface area contributed by atoms with Crippen molar-refractivity contribution >= 4 is 11.6 Å². The summed E-state index contributed by atoms with van der Waals surface area (Å²) < 4.78 is 0. The van der Waals surface area contributed by atoms with Gasteiger partial charge >= 0.3 is 0 Å². The van der Waals surface area contributed by atoms with Crippen LogP contribution in [0.4, 0.5) is 0 Å². The van der Waals surface area contributed by atoms with E-state index in [9.17, 15) is 9.59 Å². The van der Waals surface area contributed by atoms with Gasteiger partial charge < -0.3 is 4.84 Å². The van der Waals surface area contributed by atoms with Gasteiger partial charge in [0.1, 0.15) is 17.5 Å². The van der Waals surface area contributed by atoms with E-state index in [2.05, 4.69) is 0 Å². The predicted molar refractivity (Wildman–Crippen MR) is 76.4 cm³/mol. The van der Waals surface area contributed by atoms with E-state index in [0.717, 1.165) is 17.5 Å². The number of Topliss-reactive ketones (excluding diaryl/α,β-unsaturated/α-hetero) is 2. The Balaban J connectivity index is 2.52. The van der Waals surface area contributed by atoms with Gasteiger partial charge in [0.2, 0.25) is 0 Å². The van der Waals surface area contributed by atoms with E-state index in [1.807, 2.05) is 26.8 Å². The average molecular weight is 275 g/mol. The molecule has 2 N–H and O–H groups in total. The van der Waals surface area contributed by atoms with Crippen LogP contribution >= 0.6 is 0 Å². The number of benzene rings is 1. The monoisotopic (exact) mass is 275 g/mol. The summed E-state index contributed by atoms with van der Waals surface area (Å²) in [6.07, 6.45) is 1.83. The van der Waals surface area contributed by atoms with Crippen LogP contribution in [0.15, 0.2) is 18.2 Å². The largest absolute Gasteiger partial charge is 0.412 e. The Morgan fingerprint density at radius 3 is 2.65 bits per heavy atom. The topological polar surface area (TPSA) is 69.4 Å². The van der Waals surface area contributed by atoms with E-state index in [1.54, 1.807) is 12.1 Å². The zero-order valence-electron chi connectivity index (χ0n) is 12.2. The van der Waals surface area contributed by atoms with Crippen molar-refractivity contribution in [1.82, 2.24) is 0 Å². The fraction of sp³-hybridized carbons (Fsp3) is 0.500. The van der Waals surface area contributed by atoms with Crippen molar-refractivity contribution in [3.63, 3.8) is 0 Å². The van der Waals surface area contributed by atoms with Gasteiger partial charge in [-0.25, -0.2) is 0 Å². The lowest BCUT2D eigenvalue weighted by atomic mass is 9.67. The number of nitrogens with two attached hydrogens (primary N) is 1. The van der Waals surface area contributed by atoms with Crippen LogP contribution in [0.1, 0.15) is 50.7 Å². The van der Waals surface area contributed by atoms with Crippen LogP contribution in [0.5, 0.6) is 5.75 Å². The molecule has 0 saturated heterocycles. The number of hydrogen-bond acceptors (Lipinski definition) is 4. The van der Waals surface area contributed by atoms with Crippen LogP contribution in [0.2, 0.25) is 0 Å². The van der Waals surface area contributed by atoms with Crippen LogP contribution in [0, 0.1) is 5.41 Å². The summed E-state index contributed by atoms with van der Waals surface area (Å²) in [5.41, 5.74) is 1.29. The van der Waals surface area contributed by atoms with Gasteiger partial charge in [0.05, 0.1) is 0 Å². The van der Waals surface area contributed by atoms with E-state index in [4.69, 9.17) is 10.7 Å². The number of hydrogen-bond donors (Lipinski definition) is 1. The highest BCUT2D eigenvalue weighted by Crippen LogP contribution is 2.40. The molecule has 0 spiro atoms. The molecule has 1 fully saturated rings. The Bertz CT molecular complexity index is 549. The molecular formula is C16H21NO3. The molecule has 0 radical (unpaired) electrons. The molecule has 1 aliphatic carbocycles. The third kappa shape index (κ3) is 2.48. The molecule has 0 bridgehead atoms. The molecule has 1 aromatic carbocycles. The maximum absolute atomic E-state index is 12.6. The summed E-state index contributed by atoms with van der Waals surface area (Å²) in [4.78, 5) is 29.6. The van der Waals surface area contributed by atoms with Crippen LogP contribution in [0.3, 0.4) is 0 Å². The second-order valence-electron chi connectivity index (χ2n) is 5.98. The average Bonchev–Trinajstić information content (AvgIpc) is 2.44. The molecule has 4 nitrogen and oxygen atoms in total. The van der Waals surface area contributed by atoms with Gasteiger partial charge in [0, 0.05) is 11.8 Å². The van der Waals surface area contributed by atoms with Crippen molar-refractivity contribution < 1.29 is 14.4 Å². The molecule has 1 atom stereocenters. The van der Waals surface area contributed by atoms with E-state index < -0.39 is 11.3 Å². The molecule has 20 heavy (non-hydrogen) atoms. The molecule has 4 heteroatoms. The Kier molecular flexibility index (Phi) is 3.95. The highest BCUT2D eigenvalue weighted by molar-refractivity contribution is 6.11. The first kappa shape index (κ1) is 14.7. The SMILES string of the molecule is CCc1ccc(ON)cc1C1C(=O)CCC(C)(C)C1=O. The van der Waals surface area contributed by atoms with Gasteiger partial charge in [0.25, 0.3) is 0 Å². The minimum Gasteiger partial charge on any atom is -0.412 e. The molecule has 0 amide bonds. The Morgan fingerprint density at radius 2 is 2.05 bits per heavy atom. The van der Waals surface area contributed by atoms with E-state index >= 15 is 0 Å². The van der Waals surface area contributed by atoms with Crippen LogP contribution < -0.4 is 10.7 Å². The third-order valence-electron chi connectivity index (χ3n) is 4.19. The smallest absolute Gasteiger partial charge is 0.153 e. The van der Waals surface area contributed by atoms with E-state index in [-0.39, 0.29) is 11.6 Å². The number of carbonyl (C=O) groups excluding carboxylic acids is 2. The second-order valence-corrected chi connectivity index (χ2v) is 5.98. The Labute approximate surface area is 119 Å². The highest BCUT2D eigenvalue weighted by atomic mass is 16.6. The maximum Gasteiger partial charge on any atom is 0.153 e. The molecule has 0 heterocycles. The molecule has 0 aliphatic heterocycles. The van der Waals surface area contributed by atoms with E-state index in [1.165, 1.54) is 0 Å². The van der Waals surface area contributed by atoms with Crippen molar-refractivity contribution in [1.29, 1.82) is 0 Å². The minimum atomic E-state index is -0.677. The summed E-state index contributed by atoms with van der Waals surface area (Å²) in [5, 5.41) is 0. The Morgan fingerprint density at radius 1 is 1.35 bits per heavy atom. The van der Waals surface area contributed by atoms with Gasteiger partial charge in [-0.15, -0.1) is 0 Å². The molecule has 1 saturated carbocycles. The Hall–Kier alpha value is -1.68. The summed E-state index contributed by atoms with van der Waals surface area (Å²) in [5.74, 6) is 4.98. The zero-order valence-corrected chi connectivity index (χ0v) is 12.2. The lowest BCUT2D eigenvalue weighted by Gasteiger charge is -2.33. The summed E-state index contributed by atoms with van der Waals surface area (Å²) in [7, 11) is 0. The van der Waals surface area contributed by atoms with Gasteiger partial charge in [-0.3, -0.25) is 9.59 Å². The molecular weight excluding hydrogens is 254 g/mol. The normalized spacial score (nSPS) is 21.9. The molecule has 1 aromatic rings. The van der Waals surface area contributed by atoms with Crippen LogP contribution in [-0.2, 0) is 16.0 Å². The van der Waals surface area contributed by atoms with Crippen molar-refractivity contribution in [2.75, 3.05) is 0 Å². The lowest BCUT2D eigenvalue weighted by Crippen LogP contribution is -2.39. The van der Waals surface area contributed by atoms with Gasteiger partial charge in [-0.2, -0.15) is 5.90 Å². The van der Waals surface area contributed by atoms with Gasteiger partial charge in [0.15, 0.2) is 5.78 Å². The quantitative estimate of drug-likeness (QED) is 0.680. The first-order chi connectivity index (χ1) is 9.40. The maximum atomic E-state index is 12.6. The number of ketones is 2. The molecule has 1 aliphatic rings. The number of carbonyl (C=O) groups is 2. The summed E-state index contributed by atoms with van der Waals surface area (Å²) in [6.45, 7) is 5.82. The number of aryl methyl sites for hydroxylation is 1.